The van der Waals surface area contributed by atoms with E-state index in [9.17, 15) is 4.21 Å². The van der Waals surface area contributed by atoms with Gasteiger partial charge in [0.15, 0.2) is 5.96 Å². The molecule has 2 N–H and O–H groups in total. The van der Waals surface area contributed by atoms with Crippen molar-refractivity contribution in [3.05, 3.63) is 0 Å². The molecule has 7 heteroatoms. The van der Waals surface area contributed by atoms with Crippen LogP contribution >= 0.6 is 24.0 Å². The lowest BCUT2D eigenvalue weighted by Crippen LogP contribution is -2.47. The van der Waals surface area contributed by atoms with Gasteiger partial charge in [-0.1, -0.05) is 0 Å². The molecule has 2 saturated heterocycles. The first-order valence-electron chi connectivity index (χ1n) is 7.99. The zero-order valence-electron chi connectivity index (χ0n) is 14.1. The molecule has 130 valence electrons. The number of fused-ring (bicyclic) bond motifs is 2. The molecule has 2 heterocycles. The highest BCUT2D eigenvalue weighted by Crippen LogP contribution is 2.34. The maximum atomic E-state index is 12.0. The summed E-state index contributed by atoms with van der Waals surface area (Å²) in [6.07, 6.45) is 4.19. The van der Waals surface area contributed by atoms with Crippen LogP contribution in [0.1, 0.15) is 47.0 Å². The predicted molar refractivity (Wildman–Crippen MR) is 104 cm³/mol. The Balaban J connectivity index is 0.00000242. The Labute approximate surface area is 153 Å². The molecule has 0 aromatic rings. The Morgan fingerprint density at radius 1 is 1.36 bits per heavy atom. The Hall–Kier alpha value is 0.110. The average molecular weight is 443 g/mol. The van der Waals surface area contributed by atoms with Crippen LogP contribution in [-0.2, 0) is 15.5 Å². The predicted octanol–water partition coefficient (Wildman–Crippen LogP) is 2.03. The first-order chi connectivity index (χ1) is 9.90. The van der Waals surface area contributed by atoms with Crippen molar-refractivity contribution in [2.24, 2.45) is 4.99 Å². The van der Waals surface area contributed by atoms with E-state index in [0.29, 0.717) is 30.5 Å². The van der Waals surface area contributed by atoms with Crippen LogP contribution in [0.3, 0.4) is 0 Å². The summed E-state index contributed by atoms with van der Waals surface area (Å²) >= 11 is 0. The monoisotopic (exact) mass is 443 g/mol. The number of rotatable bonds is 5. The normalized spacial score (nSPS) is 29.1. The molecule has 0 radical (unpaired) electrons. The summed E-state index contributed by atoms with van der Waals surface area (Å²) in [5.41, 5.74) is 0. The van der Waals surface area contributed by atoms with Crippen LogP contribution in [0, 0.1) is 0 Å². The molecule has 4 unspecified atom stereocenters. The van der Waals surface area contributed by atoms with Crippen molar-refractivity contribution in [3.63, 3.8) is 0 Å². The Morgan fingerprint density at radius 2 is 2.09 bits per heavy atom. The maximum Gasteiger partial charge on any atom is 0.191 e. The molecule has 0 aromatic carbocycles. The van der Waals surface area contributed by atoms with Crippen molar-refractivity contribution in [3.8, 4) is 0 Å². The lowest BCUT2D eigenvalue weighted by molar-refractivity contribution is 0.0992. The fourth-order valence-corrected chi connectivity index (χ4v) is 3.70. The SMILES string of the molecule is CCNC(=NCCS(=O)C(C)(C)C)NC1CC2CCC1O2.I. The van der Waals surface area contributed by atoms with Gasteiger partial charge in [0.25, 0.3) is 0 Å². The molecule has 5 nitrogen and oxygen atoms in total. The van der Waals surface area contributed by atoms with Gasteiger partial charge in [0, 0.05) is 27.8 Å². The second-order valence-electron chi connectivity index (χ2n) is 6.78. The molecule has 2 rings (SSSR count). The minimum absolute atomic E-state index is 0. The second-order valence-corrected chi connectivity index (χ2v) is 9.11. The second kappa shape index (κ2) is 8.82. The number of hydrogen-bond acceptors (Lipinski definition) is 3. The van der Waals surface area contributed by atoms with Gasteiger partial charge in [-0.15, -0.1) is 24.0 Å². The van der Waals surface area contributed by atoms with Gasteiger partial charge in [-0.05, 0) is 47.0 Å². The average Bonchev–Trinajstić information content (AvgIpc) is 2.99. The van der Waals surface area contributed by atoms with Gasteiger partial charge in [-0.25, -0.2) is 0 Å². The molecule has 0 spiro atoms. The lowest BCUT2D eigenvalue weighted by Gasteiger charge is -2.23. The summed E-state index contributed by atoms with van der Waals surface area (Å²) in [5.74, 6) is 1.43. The summed E-state index contributed by atoms with van der Waals surface area (Å²) in [6.45, 7) is 9.48. The van der Waals surface area contributed by atoms with E-state index in [-0.39, 0.29) is 28.7 Å². The fourth-order valence-electron chi connectivity index (χ4n) is 2.83. The third-order valence-corrected chi connectivity index (χ3v) is 5.92. The molecule has 0 saturated carbocycles. The largest absolute Gasteiger partial charge is 0.373 e. The fraction of sp³-hybridized carbons (Fsp3) is 0.933. The van der Waals surface area contributed by atoms with E-state index in [1.54, 1.807) is 0 Å². The van der Waals surface area contributed by atoms with Crippen molar-refractivity contribution in [1.29, 1.82) is 0 Å². The van der Waals surface area contributed by atoms with E-state index < -0.39 is 10.8 Å². The van der Waals surface area contributed by atoms with Crippen LogP contribution in [-0.4, -0.2) is 52.0 Å². The quantitative estimate of drug-likeness (QED) is 0.388. The summed E-state index contributed by atoms with van der Waals surface area (Å²) < 4.78 is 17.7. The number of guanidine groups is 1. The van der Waals surface area contributed by atoms with Gasteiger partial charge < -0.3 is 15.4 Å². The zero-order valence-corrected chi connectivity index (χ0v) is 17.2. The number of nitrogens with zero attached hydrogens (tertiary/aromatic N) is 1. The molecule has 0 amide bonds. The molecular formula is C15H30IN3O2S. The molecule has 4 atom stereocenters. The minimum atomic E-state index is -0.850. The van der Waals surface area contributed by atoms with E-state index in [0.717, 1.165) is 25.3 Å². The molecule has 2 aliphatic heterocycles. The zero-order chi connectivity index (χ0) is 15.5. The van der Waals surface area contributed by atoms with Gasteiger partial charge in [-0.2, -0.15) is 0 Å². The number of ether oxygens (including phenoxy) is 1. The van der Waals surface area contributed by atoms with Crippen molar-refractivity contribution in [1.82, 2.24) is 10.6 Å². The highest BCUT2D eigenvalue weighted by Gasteiger charge is 2.41. The van der Waals surface area contributed by atoms with Crippen molar-refractivity contribution in [2.45, 2.75) is 70.0 Å². The Kier molecular flexibility index (Phi) is 8.08. The smallest absolute Gasteiger partial charge is 0.191 e. The summed E-state index contributed by atoms with van der Waals surface area (Å²) in [6, 6.07) is 0.370. The first kappa shape index (κ1) is 20.2. The van der Waals surface area contributed by atoms with Crippen LogP contribution in [0.5, 0.6) is 0 Å². The molecule has 2 aliphatic rings. The number of halogens is 1. The number of hydrogen-bond donors (Lipinski definition) is 2. The van der Waals surface area contributed by atoms with E-state index in [4.69, 9.17) is 4.74 Å². The van der Waals surface area contributed by atoms with Crippen LogP contribution in [0.15, 0.2) is 4.99 Å². The minimum Gasteiger partial charge on any atom is -0.373 e. The molecule has 22 heavy (non-hydrogen) atoms. The molecule has 0 aliphatic carbocycles. The molecule has 0 aromatic heterocycles. The van der Waals surface area contributed by atoms with Crippen LogP contribution in [0.2, 0.25) is 0 Å². The number of aliphatic imine (C=N–C) groups is 1. The summed E-state index contributed by atoms with van der Waals surface area (Å²) in [5, 5.41) is 6.74. The van der Waals surface area contributed by atoms with Crippen LogP contribution < -0.4 is 10.6 Å². The van der Waals surface area contributed by atoms with E-state index >= 15 is 0 Å². The highest BCUT2D eigenvalue weighted by molar-refractivity contribution is 14.0. The van der Waals surface area contributed by atoms with Gasteiger partial charge in [0.05, 0.1) is 24.8 Å². The molecule has 2 bridgehead atoms. The van der Waals surface area contributed by atoms with Crippen LogP contribution in [0.25, 0.3) is 0 Å². The third kappa shape index (κ3) is 5.63. The van der Waals surface area contributed by atoms with Crippen molar-refractivity contribution < 1.29 is 8.95 Å². The summed E-state index contributed by atoms with van der Waals surface area (Å²) in [4.78, 5) is 4.56. The molecular weight excluding hydrogens is 413 g/mol. The van der Waals surface area contributed by atoms with Crippen molar-refractivity contribution in [2.75, 3.05) is 18.8 Å². The maximum absolute atomic E-state index is 12.0. The summed E-state index contributed by atoms with van der Waals surface area (Å²) in [7, 11) is -0.850. The topological polar surface area (TPSA) is 62.7 Å². The Bertz CT molecular complexity index is 412. The van der Waals surface area contributed by atoms with Crippen molar-refractivity contribution >= 4 is 40.7 Å². The lowest BCUT2D eigenvalue weighted by atomic mass is 9.96. The van der Waals surface area contributed by atoms with Gasteiger partial charge in [0.1, 0.15) is 0 Å². The standard InChI is InChI=1S/C15H29N3O2S.HI/c1-5-16-14(17-8-9-21(19)15(2,3)4)18-12-10-11-6-7-13(12)20-11;/h11-13H,5-10H2,1-4H3,(H2,16,17,18);1H. The van der Waals surface area contributed by atoms with E-state index in [1.807, 2.05) is 20.8 Å². The third-order valence-electron chi connectivity index (χ3n) is 4.00. The van der Waals surface area contributed by atoms with Gasteiger partial charge in [0.2, 0.25) is 0 Å². The van der Waals surface area contributed by atoms with E-state index in [2.05, 4.69) is 22.5 Å². The first-order valence-corrected chi connectivity index (χ1v) is 9.31. The van der Waals surface area contributed by atoms with Crippen LogP contribution in [0.4, 0.5) is 0 Å². The van der Waals surface area contributed by atoms with E-state index in [1.165, 1.54) is 6.42 Å². The van der Waals surface area contributed by atoms with Gasteiger partial charge in [-0.3, -0.25) is 9.20 Å². The molecule has 2 fully saturated rings. The van der Waals surface area contributed by atoms with Gasteiger partial charge >= 0.3 is 0 Å². The highest BCUT2D eigenvalue weighted by atomic mass is 127. The number of nitrogens with one attached hydrogen (secondary N) is 2. The Morgan fingerprint density at radius 3 is 2.59 bits per heavy atom.